The number of ether oxygens (including phenoxy) is 2. The van der Waals surface area contributed by atoms with Crippen molar-refractivity contribution in [3.63, 3.8) is 0 Å². The first-order valence-corrected chi connectivity index (χ1v) is 9.02. The third-order valence-corrected chi connectivity index (χ3v) is 6.05. The molecular weight excluding hydrogens is 304 g/mol. The number of hydrogen-bond donors (Lipinski definition) is 0. The highest BCUT2D eigenvalue weighted by molar-refractivity contribution is 5.94. The van der Waals surface area contributed by atoms with Crippen molar-refractivity contribution in [1.29, 1.82) is 0 Å². The second-order valence-corrected chi connectivity index (χ2v) is 8.05. The molecule has 132 valence electrons. The zero-order valence-electron chi connectivity index (χ0n) is 15.0. The van der Waals surface area contributed by atoms with Gasteiger partial charge in [-0.1, -0.05) is 18.2 Å². The largest absolute Gasteiger partial charge is 0.448 e. The summed E-state index contributed by atoms with van der Waals surface area (Å²) in [4.78, 5) is 25.1. The van der Waals surface area contributed by atoms with Gasteiger partial charge in [-0.25, -0.2) is 4.79 Å². The number of rotatable bonds is 0. The maximum Gasteiger partial charge on any atom is 0.334 e. The normalized spacial score (nSPS) is 43.1. The van der Waals surface area contributed by atoms with Crippen LogP contribution in [0.4, 0.5) is 0 Å². The van der Waals surface area contributed by atoms with Crippen LogP contribution in [0.3, 0.4) is 0 Å². The number of epoxide rings is 1. The first kappa shape index (κ1) is 17.4. The van der Waals surface area contributed by atoms with Crippen molar-refractivity contribution in [2.24, 2.45) is 5.92 Å². The Morgan fingerprint density at radius 2 is 1.96 bits per heavy atom. The summed E-state index contributed by atoms with van der Waals surface area (Å²) in [6.45, 7) is 9.92. The number of fused-ring (bicyclic) bond motifs is 4. The quantitative estimate of drug-likeness (QED) is 0.292. The molecule has 0 spiro atoms. The van der Waals surface area contributed by atoms with E-state index in [0.29, 0.717) is 18.4 Å². The van der Waals surface area contributed by atoms with E-state index in [0.717, 1.165) is 32.1 Å². The number of carbonyl (C=O) groups is 2. The van der Waals surface area contributed by atoms with Crippen LogP contribution in [0.1, 0.15) is 65.7 Å². The van der Waals surface area contributed by atoms with E-state index < -0.39 is 11.6 Å². The molecule has 2 heterocycles. The Balaban J connectivity index is 1.86. The van der Waals surface area contributed by atoms with Crippen LogP contribution in [0.2, 0.25) is 0 Å². The molecule has 3 aliphatic rings. The molecule has 2 bridgehead atoms. The fourth-order valence-electron chi connectivity index (χ4n) is 3.92. The first-order valence-electron chi connectivity index (χ1n) is 9.02. The monoisotopic (exact) mass is 332 g/mol. The van der Waals surface area contributed by atoms with Gasteiger partial charge < -0.3 is 9.47 Å². The molecule has 4 unspecified atom stereocenters. The lowest BCUT2D eigenvalue weighted by molar-refractivity contribution is -0.161. The van der Waals surface area contributed by atoms with E-state index in [1.807, 2.05) is 0 Å². The fraction of sp³-hybridized carbons (Fsp3) is 0.700. The number of hydrogen-bond acceptors (Lipinski definition) is 4. The van der Waals surface area contributed by atoms with Crippen molar-refractivity contribution >= 4 is 11.8 Å². The van der Waals surface area contributed by atoms with Crippen LogP contribution in [-0.2, 0) is 19.1 Å². The summed E-state index contributed by atoms with van der Waals surface area (Å²) in [6, 6.07) is 0. The van der Waals surface area contributed by atoms with Gasteiger partial charge in [0.15, 0.2) is 11.4 Å². The SMILES string of the molecule is C=C1C(=O)OC2(C)CCC1CC1OC1(C)CC/C=C(\C)CCC2=O. The fourth-order valence-corrected chi connectivity index (χ4v) is 3.92. The third-order valence-electron chi connectivity index (χ3n) is 6.05. The van der Waals surface area contributed by atoms with E-state index in [2.05, 4.69) is 26.5 Å². The lowest BCUT2D eigenvalue weighted by Crippen LogP contribution is -2.39. The van der Waals surface area contributed by atoms with Crippen LogP contribution in [0, 0.1) is 5.92 Å². The van der Waals surface area contributed by atoms with Gasteiger partial charge in [0.25, 0.3) is 0 Å². The molecule has 2 fully saturated rings. The molecule has 4 atom stereocenters. The summed E-state index contributed by atoms with van der Waals surface area (Å²) >= 11 is 0. The van der Waals surface area contributed by atoms with Crippen molar-refractivity contribution in [1.82, 2.24) is 0 Å². The van der Waals surface area contributed by atoms with Gasteiger partial charge >= 0.3 is 5.97 Å². The minimum absolute atomic E-state index is 0.0154. The smallest absolute Gasteiger partial charge is 0.334 e. The average Bonchev–Trinajstić information content (AvgIpc) is 3.18. The number of esters is 1. The maximum absolute atomic E-state index is 12.7. The summed E-state index contributed by atoms with van der Waals surface area (Å²) in [5.74, 6) is -0.362. The number of allylic oxidation sites excluding steroid dienone is 2. The molecule has 0 aromatic heterocycles. The lowest BCUT2D eigenvalue weighted by Gasteiger charge is -2.26. The van der Waals surface area contributed by atoms with Crippen molar-refractivity contribution in [3.8, 4) is 0 Å². The van der Waals surface area contributed by atoms with Gasteiger partial charge in [-0.05, 0) is 65.2 Å². The maximum atomic E-state index is 12.7. The molecule has 24 heavy (non-hydrogen) atoms. The summed E-state index contributed by atoms with van der Waals surface area (Å²) in [5.41, 5.74) is 0.601. The van der Waals surface area contributed by atoms with Crippen LogP contribution in [0.25, 0.3) is 0 Å². The van der Waals surface area contributed by atoms with Gasteiger partial charge in [0.1, 0.15) is 0 Å². The van der Waals surface area contributed by atoms with E-state index in [-0.39, 0.29) is 23.4 Å². The lowest BCUT2D eigenvalue weighted by atomic mass is 9.83. The average molecular weight is 332 g/mol. The van der Waals surface area contributed by atoms with Crippen molar-refractivity contribution < 1.29 is 19.1 Å². The summed E-state index contributed by atoms with van der Waals surface area (Å²) in [7, 11) is 0. The molecule has 0 aromatic carbocycles. The summed E-state index contributed by atoms with van der Waals surface area (Å²) < 4.78 is 11.5. The zero-order chi connectivity index (χ0) is 17.5. The van der Waals surface area contributed by atoms with E-state index in [1.165, 1.54) is 5.57 Å². The second kappa shape index (κ2) is 6.14. The Labute approximate surface area is 144 Å². The molecule has 4 nitrogen and oxygen atoms in total. The molecule has 0 amide bonds. The number of carbonyl (C=O) groups excluding carboxylic acids is 2. The Morgan fingerprint density at radius 3 is 2.71 bits per heavy atom. The van der Waals surface area contributed by atoms with Gasteiger partial charge in [0, 0.05) is 12.0 Å². The Morgan fingerprint density at radius 1 is 1.21 bits per heavy atom. The minimum Gasteiger partial charge on any atom is -0.448 e. The minimum atomic E-state index is -1.02. The van der Waals surface area contributed by atoms with Crippen LogP contribution >= 0.6 is 0 Å². The Hall–Kier alpha value is -1.42. The highest BCUT2D eigenvalue weighted by Crippen LogP contribution is 2.46. The molecule has 0 saturated carbocycles. The molecule has 0 radical (unpaired) electrons. The van der Waals surface area contributed by atoms with Crippen LogP contribution in [0.15, 0.2) is 23.8 Å². The predicted octanol–water partition coefficient (Wildman–Crippen LogP) is 3.89. The van der Waals surface area contributed by atoms with Gasteiger partial charge in [0.2, 0.25) is 0 Å². The zero-order valence-corrected chi connectivity index (χ0v) is 15.0. The molecule has 0 N–H and O–H groups in total. The molecular formula is C20H28O4. The number of ketones is 1. The molecule has 0 aromatic rings. The topological polar surface area (TPSA) is 55.9 Å². The van der Waals surface area contributed by atoms with E-state index in [1.54, 1.807) is 6.92 Å². The van der Waals surface area contributed by atoms with Crippen molar-refractivity contribution in [2.75, 3.05) is 0 Å². The van der Waals surface area contributed by atoms with Crippen molar-refractivity contribution in [3.05, 3.63) is 23.8 Å². The van der Waals surface area contributed by atoms with Gasteiger partial charge in [0.05, 0.1) is 11.7 Å². The molecule has 4 heteroatoms. The molecule has 3 rings (SSSR count). The van der Waals surface area contributed by atoms with E-state index >= 15 is 0 Å². The Kier molecular flexibility index (Phi) is 4.45. The third kappa shape index (κ3) is 3.34. The molecule has 2 aliphatic heterocycles. The van der Waals surface area contributed by atoms with Crippen LogP contribution in [-0.4, -0.2) is 29.1 Å². The second-order valence-electron chi connectivity index (χ2n) is 8.05. The van der Waals surface area contributed by atoms with Crippen LogP contribution in [0.5, 0.6) is 0 Å². The van der Waals surface area contributed by atoms with Gasteiger partial charge in [-0.15, -0.1) is 0 Å². The summed E-state index contributed by atoms with van der Waals surface area (Å²) in [5, 5.41) is 0. The summed E-state index contributed by atoms with van der Waals surface area (Å²) in [6.07, 6.45) is 7.56. The molecule has 2 saturated heterocycles. The highest BCUT2D eigenvalue weighted by atomic mass is 16.6. The predicted molar refractivity (Wildman–Crippen MR) is 91.5 cm³/mol. The van der Waals surface area contributed by atoms with Gasteiger partial charge in [-0.3, -0.25) is 4.79 Å². The number of Topliss-reactive ketones (excluding diaryl/α,β-unsaturated/α-hetero) is 1. The first-order chi connectivity index (χ1) is 11.2. The van der Waals surface area contributed by atoms with E-state index in [4.69, 9.17) is 9.47 Å². The Bertz CT molecular complexity index is 605. The van der Waals surface area contributed by atoms with E-state index in [9.17, 15) is 9.59 Å². The molecule has 1 aliphatic carbocycles. The standard InChI is InChI=1S/C20H28O4/c1-13-6-5-10-20(4)17(23-20)12-15-9-11-19(3,16(21)8-7-13)24-18(22)14(15)2/h6,15,17H,2,5,7-12H2,1,3-4H3/b13-6+. The highest BCUT2D eigenvalue weighted by Gasteiger charge is 2.53. The van der Waals surface area contributed by atoms with Crippen LogP contribution < -0.4 is 0 Å². The van der Waals surface area contributed by atoms with Crippen molar-refractivity contribution in [2.45, 2.75) is 83.0 Å². The van der Waals surface area contributed by atoms with Gasteiger partial charge in [-0.2, -0.15) is 0 Å².